The second-order valence-electron chi connectivity index (χ2n) is 5.61. The Morgan fingerprint density at radius 2 is 2.20 bits per heavy atom. The summed E-state index contributed by atoms with van der Waals surface area (Å²) in [4.78, 5) is 13.5. The van der Waals surface area contributed by atoms with Crippen LogP contribution in [0.3, 0.4) is 0 Å². The molecule has 0 spiro atoms. The lowest BCUT2D eigenvalue weighted by Gasteiger charge is -2.20. The van der Waals surface area contributed by atoms with Crippen molar-refractivity contribution in [2.24, 2.45) is 7.05 Å². The molecule has 112 valence electrons. The number of hydrogen-bond donors (Lipinski definition) is 2. The summed E-state index contributed by atoms with van der Waals surface area (Å²) in [5.74, 6) is -0.0781. The number of carbonyl (C=O) groups excluding carboxylic acids is 1. The largest absolute Gasteiger partial charge is 0.391 e. The normalized spacial score (nSPS) is 24.4. The predicted octanol–water partition coefficient (Wildman–Crippen LogP) is 0.190. The number of aryl methyl sites for hydroxylation is 1. The van der Waals surface area contributed by atoms with Gasteiger partial charge in [0, 0.05) is 44.9 Å². The first-order valence-electron chi connectivity index (χ1n) is 7.12. The lowest BCUT2D eigenvalue weighted by Crippen LogP contribution is -2.42. The first kappa shape index (κ1) is 15.0. The molecular weight excluding hydrogens is 256 g/mol. The maximum Gasteiger partial charge on any atom is 0.217 e. The number of hydrogen-bond acceptors (Lipinski definition) is 4. The molecule has 1 aromatic heterocycles. The molecule has 1 fully saturated rings. The number of nitrogens with zero attached hydrogens (tertiary/aromatic N) is 3. The van der Waals surface area contributed by atoms with Crippen LogP contribution in [0.4, 0.5) is 0 Å². The Bertz CT molecular complexity index is 472. The number of likely N-dealkylation sites (tertiary alicyclic amines) is 1. The van der Waals surface area contributed by atoms with Gasteiger partial charge in [-0.25, -0.2) is 0 Å². The van der Waals surface area contributed by atoms with E-state index in [9.17, 15) is 9.90 Å². The van der Waals surface area contributed by atoms with Crippen molar-refractivity contribution in [3.05, 3.63) is 17.5 Å². The fourth-order valence-electron chi connectivity index (χ4n) is 2.67. The molecule has 0 radical (unpaired) electrons. The van der Waals surface area contributed by atoms with Crippen LogP contribution in [0.15, 0.2) is 6.20 Å². The fraction of sp³-hybridized carbons (Fsp3) is 0.714. The number of rotatable bonds is 3. The third-order valence-electron chi connectivity index (χ3n) is 4.08. The topological polar surface area (TPSA) is 70.4 Å². The summed E-state index contributed by atoms with van der Waals surface area (Å²) in [6.07, 6.45) is 2.91. The van der Waals surface area contributed by atoms with Crippen molar-refractivity contribution in [3.63, 3.8) is 0 Å². The average Bonchev–Trinajstić information content (AvgIpc) is 2.60. The zero-order valence-electron chi connectivity index (χ0n) is 12.5. The molecule has 2 heterocycles. The minimum absolute atomic E-state index is 0.0781. The van der Waals surface area contributed by atoms with Crippen molar-refractivity contribution < 1.29 is 9.90 Å². The van der Waals surface area contributed by atoms with E-state index in [-0.39, 0.29) is 11.9 Å². The fourth-order valence-corrected chi connectivity index (χ4v) is 2.67. The highest BCUT2D eigenvalue weighted by Gasteiger charge is 2.25. The monoisotopic (exact) mass is 280 g/mol. The molecule has 0 bridgehead atoms. The standard InChI is InChI=1S/C14H24N4O2/c1-10-12(8-15-17(10)3)9-18-6-4-13(16-11(2)19)14(20)5-7-18/h8,13-14,20H,4-7,9H2,1-3H3,(H,16,19)/t13-,14-/m0/s1. The zero-order valence-corrected chi connectivity index (χ0v) is 12.5. The molecule has 1 saturated heterocycles. The minimum Gasteiger partial charge on any atom is -0.391 e. The summed E-state index contributed by atoms with van der Waals surface area (Å²) < 4.78 is 1.88. The van der Waals surface area contributed by atoms with Crippen LogP contribution in [0.1, 0.15) is 31.0 Å². The highest BCUT2D eigenvalue weighted by atomic mass is 16.3. The quantitative estimate of drug-likeness (QED) is 0.829. The van der Waals surface area contributed by atoms with Gasteiger partial charge in [0.2, 0.25) is 5.91 Å². The molecular formula is C14H24N4O2. The molecule has 6 heteroatoms. The maximum absolute atomic E-state index is 11.1. The Morgan fingerprint density at radius 3 is 2.80 bits per heavy atom. The van der Waals surface area contributed by atoms with E-state index in [0.717, 1.165) is 26.1 Å². The molecule has 20 heavy (non-hydrogen) atoms. The Balaban J connectivity index is 1.95. The van der Waals surface area contributed by atoms with Crippen LogP contribution in [0.25, 0.3) is 0 Å². The highest BCUT2D eigenvalue weighted by Crippen LogP contribution is 2.16. The number of aromatic nitrogens is 2. The van der Waals surface area contributed by atoms with E-state index in [0.29, 0.717) is 6.42 Å². The van der Waals surface area contributed by atoms with Gasteiger partial charge >= 0.3 is 0 Å². The van der Waals surface area contributed by atoms with E-state index in [1.54, 1.807) is 0 Å². The van der Waals surface area contributed by atoms with E-state index in [1.807, 2.05) is 17.9 Å². The van der Waals surface area contributed by atoms with E-state index in [2.05, 4.69) is 22.2 Å². The molecule has 2 rings (SSSR count). The van der Waals surface area contributed by atoms with Gasteiger partial charge in [-0.1, -0.05) is 0 Å². The van der Waals surface area contributed by atoms with Gasteiger partial charge in [0.15, 0.2) is 0 Å². The molecule has 0 saturated carbocycles. The Hall–Kier alpha value is -1.40. The van der Waals surface area contributed by atoms with E-state index < -0.39 is 6.10 Å². The molecule has 6 nitrogen and oxygen atoms in total. The summed E-state index contributed by atoms with van der Waals surface area (Å²) >= 11 is 0. The van der Waals surface area contributed by atoms with Gasteiger partial charge in [-0.3, -0.25) is 14.4 Å². The summed E-state index contributed by atoms with van der Waals surface area (Å²) in [6, 6.07) is -0.132. The summed E-state index contributed by atoms with van der Waals surface area (Å²) in [7, 11) is 1.94. The number of nitrogens with one attached hydrogen (secondary N) is 1. The molecule has 0 unspecified atom stereocenters. The van der Waals surface area contributed by atoms with Crippen LogP contribution in [0.2, 0.25) is 0 Å². The zero-order chi connectivity index (χ0) is 14.7. The first-order valence-corrected chi connectivity index (χ1v) is 7.12. The van der Waals surface area contributed by atoms with Crippen LogP contribution in [-0.2, 0) is 18.4 Å². The maximum atomic E-state index is 11.1. The molecule has 2 atom stereocenters. The number of carbonyl (C=O) groups is 1. The van der Waals surface area contributed by atoms with Gasteiger partial charge in [-0.2, -0.15) is 5.10 Å². The van der Waals surface area contributed by atoms with Crippen LogP contribution in [0, 0.1) is 6.92 Å². The third-order valence-corrected chi connectivity index (χ3v) is 4.08. The van der Waals surface area contributed by atoms with Crippen LogP contribution < -0.4 is 5.32 Å². The van der Waals surface area contributed by atoms with E-state index >= 15 is 0 Å². The summed E-state index contributed by atoms with van der Waals surface area (Å²) in [5, 5.41) is 17.2. The predicted molar refractivity (Wildman–Crippen MR) is 76.1 cm³/mol. The van der Waals surface area contributed by atoms with Gasteiger partial charge in [-0.15, -0.1) is 0 Å². The van der Waals surface area contributed by atoms with Gasteiger partial charge < -0.3 is 10.4 Å². The molecule has 1 aliphatic heterocycles. The van der Waals surface area contributed by atoms with Crippen molar-refractivity contribution in [1.29, 1.82) is 0 Å². The molecule has 0 aliphatic carbocycles. The SMILES string of the molecule is CC(=O)N[C@H]1CCN(Cc2cnn(C)c2C)CC[C@@H]1O. The number of aliphatic hydroxyl groups is 1. The molecule has 1 amide bonds. The van der Waals surface area contributed by atoms with Crippen LogP contribution >= 0.6 is 0 Å². The van der Waals surface area contributed by atoms with Gasteiger partial charge in [-0.05, 0) is 19.8 Å². The number of amides is 1. The van der Waals surface area contributed by atoms with Crippen molar-refractivity contribution in [3.8, 4) is 0 Å². The molecule has 1 aliphatic rings. The Labute approximate surface area is 119 Å². The van der Waals surface area contributed by atoms with Crippen molar-refractivity contribution in [2.45, 2.75) is 45.4 Å². The average molecular weight is 280 g/mol. The van der Waals surface area contributed by atoms with Crippen molar-refractivity contribution >= 4 is 5.91 Å². The smallest absolute Gasteiger partial charge is 0.217 e. The lowest BCUT2D eigenvalue weighted by molar-refractivity contribution is -0.120. The van der Waals surface area contributed by atoms with Crippen LogP contribution in [-0.4, -0.2) is 50.9 Å². The van der Waals surface area contributed by atoms with Gasteiger partial charge in [0.25, 0.3) is 0 Å². The van der Waals surface area contributed by atoms with Crippen molar-refractivity contribution in [1.82, 2.24) is 20.0 Å². The summed E-state index contributed by atoms with van der Waals surface area (Å²) in [6.45, 7) is 6.12. The molecule has 2 N–H and O–H groups in total. The summed E-state index contributed by atoms with van der Waals surface area (Å²) in [5.41, 5.74) is 2.40. The second kappa shape index (κ2) is 6.37. The Morgan fingerprint density at radius 1 is 1.50 bits per heavy atom. The van der Waals surface area contributed by atoms with Gasteiger partial charge in [0.1, 0.15) is 0 Å². The van der Waals surface area contributed by atoms with E-state index in [1.165, 1.54) is 18.2 Å². The minimum atomic E-state index is -0.459. The third kappa shape index (κ3) is 3.58. The second-order valence-corrected chi connectivity index (χ2v) is 5.61. The molecule has 1 aromatic rings. The first-order chi connectivity index (χ1) is 9.47. The van der Waals surface area contributed by atoms with Gasteiger partial charge in [0.05, 0.1) is 18.3 Å². The molecule has 0 aromatic carbocycles. The van der Waals surface area contributed by atoms with Crippen LogP contribution in [0.5, 0.6) is 0 Å². The van der Waals surface area contributed by atoms with Crippen molar-refractivity contribution in [2.75, 3.05) is 13.1 Å². The highest BCUT2D eigenvalue weighted by molar-refractivity contribution is 5.73. The number of aliphatic hydroxyl groups excluding tert-OH is 1. The van der Waals surface area contributed by atoms with E-state index in [4.69, 9.17) is 0 Å². The lowest BCUT2D eigenvalue weighted by atomic mass is 10.1. The Kier molecular flexibility index (Phi) is 4.77.